The molecule has 0 radical (unpaired) electrons. The Morgan fingerprint density at radius 2 is 1.93 bits per heavy atom. The average Bonchev–Trinajstić information content (AvgIpc) is 3.18. The molecule has 1 aromatic carbocycles. The number of imide groups is 1. The Morgan fingerprint density at radius 1 is 1.14 bits per heavy atom. The van der Waals surface area contributed by atoms with Crippen molar-refractivity contribution in [1.29, 1.82) is 0 Å². The van der Waals surface area contributed by atoms with E-state index in [1.165, 1.54) is 28.0 Å². The number of nitrogens with zero attached hydrogens (tertiary/aromatic N) is 2. The maximum atomic E-state index is 13.4. The Kier molecular flexibility index (Phi) is 4.39. The van der Waals surface area contributed by atoms with Crippen molar-refractivity contribution in [3.63, 3.8) is 0 Å². The Labute approximate surface area is 178 Å². The first-order valence-corrected chi connectivity index (χ1v) is 11.0. The summed E-state index contributed by atoms with van der Waals surface area (Å²) in [5.41, 5.74) is 1.44. The highest BCUT2D eigenvalue weighted by atomic mass is 35.5. The lowest BCUT2D eigenvalue weighted by molar-refractivity contribution is -0.122. The lowest BCUT2D eigenvalue weighted by Gasteiger charge is -2.29. The maximum absolute atomic E-state index is 13.4. The number of benzene rings is 1. The molecule has 1 N–H and O–H groups in total. The summed E-state index contributed by atoms with van der Waals surface area (Å²) in [7, 11) is 0. The van der Waals surface area contributed by atoms with Crippen LogP contribution in [0.15, 0.2) is 53.8 Å². The number of anilines is 1. The van der Waals surface area contributed by atoms with Gasteiger partial charge < -0.3 is 4.98 Å². The summed E-state index contributed by atoms with van der Waals surface area (Å²) in [6.45, 7) is 0. The number of thioether (sulfide) groups is 1. The van der Waals surface area contributed by atoms with Crippen molar-refractivity contribution in [3.05, 3.63) is 68.2 Å². The molecule has 4 heterocycles. The smallest absolute Gasteiger partial charge is 0.248 e. The largest absolute Gasteiger partial charge is 0.332 e. The number of carbonyl (C=O) groups excluding carboxylic acids is 2. The molecule has 3 atom stereocenters. The van der Waals surface area contributed by atoms with E-state index in [0.29, 0.717) is 14.7 Å². The number of carbonyl (C=O) groups is 2. The summed E-state index contributed by atoms with van der Waals surface area (Å²) in [6, 6.07) is 10.5. The molecule has 0 aliphatic carbocycles. The van der Waals surface area contributed by atoms with Gasteiger partial charge in [-0.05, 0) is 48.1 Å². The number of rotatable bonds is 2. The molecule has 2 aliphatic heterocycles. The fourth-order valence-corrected chi connectivity index (χ4v) is 6.87. The second kappa shape index (κ2) is 6.81. The fraction of sp³-hybridized carbons (Fsp3) is 0.158. The predicted octanol–water partition coefficient (Wildman–Crippen LogP) is 4.65. The quantitative estimate of drug-likeness (QED) is 0.459. The van der Waals surface area contributed by atoms with Gasteiger partial charge in [0.25, 0.3) is 0 Å². The zero-order valence-corrected chi connectivity index (χ0v) is 17.4. The lowest BCUT2D eigenvalue weighted by Crippen LogP contribution is -2.32. The van der Waals surface area contributed by atoms with Crippen LogP contribution >= 0.6 is 46.9 Å². The zero-order valence-electron chi connectivity index (χ0n) is 14.2. The van der Waals surface area contributed by atoms with Crippen LogP contribution in [0.5, 0.6) is 0 Å². The normalized spacial score (nSPS) is 23.6. The number of halogens is 1. The molecule has 1 fully saturated rings. The van der Waals surface area contributed by atoms with Gasteiger partial charge in [0.05, 0.1) is 16.6 Å². The van der Waals surface area contributed by atoms with Crippen LogP contribution in [0.25, 0.3) is 0 Å². The number of amides is 2. The minimum Gasteiger partial charge on any atom is -0.332 e. The summed E-state index contributed by atoms with van der Waals surface area (Å²) >= 11 is 14.1. The summed E-state index contributed by atoms with van der Waals surface area (Å²) < 4.78 is 0.640. The fourth-order valence-electron chi connectivity index (χ4n) is 3.78. The molecular weight excluding hydrogens is 434 g/mol. The molecule has 2 aromatic heterocycles. The first-order valence-electron chi connectivity index (χ1n) is 8.47. The molecule has 5 nitrogen and oxygen atoms in total. The van der Waals surface area contributed by atoms with Crippen LogP contribution in [0.3, 0.4) is 0 Å². The van der Waals surface area contributed by atoms with Gasteiger partial charge >= 0.3 is 0 Å². The van der Waals surface area contributed by atoms with Crippen molar-refractivity contribution in [3.8, 4) is 0 Å². The number of aromatic nitrogens is 2. The standard InChI is InChI=1S/C19H12ClN3O2S3/c20-10-3-5-11(6-4-10)23-17(24)13-12(9-2-1-7-21-8-9)14-16(22-19(26)28-14)27-15(13)18(23)25/h1-8,12-13,15H,(H,22,26). The molecule has 140 valence electrons. The third-order valence-electron chi connectivity index (χ3n) is 4.95. The molecule has 0 saturated carbocycles. The van der Waals surface area contributed by atoms with Gasteiger partial charge in [0, 0.05) is 28.2 Å². The highest BCUT2D eigenvalue weighted by Gasteiger charge is 2.56. The van der Waals surface area contributed by atoms with Gasteiger partial charge in [-0.3, -0.25) is 14.6 Å². The third kappa shape index (κ3) is 2.75. The Balaban J connectivity index is 1.65. The van der Waals surface area contributed by atoms with Gasteiger partial charge in [-0.2, -0.15) is 0 Å². The number of pyridine rings is 1. The number of thiazole rings is 1. The van der Waals surface area contributed by atoms with E-state index < -0.39 is 11.2 Å². The molecule has 2 aliphatic rings. The van der Waals surface area contributed by atoms with Gasteiger partial charge in [-0.25, -0.2) is 4.90 Å². The van der Waals surface area contributed by atoms with Gasteiger partial charge in [0.15, 0.2) is 3.95 Å². The summed E-state index contributed by atoms with van der Waals surface area (Å²) in [4.78, 5) is 36.3. The van der Waals surface area contributed by atoms with E-state index in [0.717, 1.165) is 15.5 Å². The first-order chi connectivity index (χ1) is 13.5. The molecule has 2 amide bonds. The van der Waals surface area contributed by atoms with Gasteiger partial charge in [0.2, 0.25) is 11.8 Å². The summed E-state index contributed by atoms with van der Waals surface area (Å²) in [6.07, 6.45) is 3.45. The number of fused-ring (bicyclic) bond motifs is 2. The van der Waals surface area contributed by atoms with Crippen molar-refractivity contribution in [1.82, 2.24) is 9.97 Å². The number of hydrogen-bond acceptors (Lipinski definition) is 6. The van der Waals surface area contributed by atoms with Gasteiger partial charge in [-0.15, -0.1) is 11.3 Å². The first kappa shape index (κ1) is 18.1. The molecule has 0 bridgehead atoms. The molecule has 3 unspecified atom stereocenters. The van der Waals surface area contributed by atoms with E-state index in [1.807, 2.05) is 12.1 Å². The molecule has 9 heteroatoms. The Morgan fingerprint density at radius 3 is 2.64 bits per heavy atom. The molecule has 0 spiro atoms. The van der Waals surface area contributed by atoms with Crippen LogP contribution < -0.4 is 4.90 Å². The monoisotopic (exact) mass is 445 g/mol. The summed E-state index contributed by atoms with van der Waals surface area (Å²) in [5.74, 6) is -1.19. The minimum absolute atomic E-state index is 0.205. The van der Waals surface area contributed by atoms with E-state index in [2.05, 4.69) is 9.97 Å². The van der Waals surface area contributed by atoms with Crippen LogP contribution in [0, 0.1) is 9.87 Å². The van der Waals surface area contributed by atoms with E-state index in [1.54, 1.807) is 36.7 Å². The van der Waals surface area contributed by atoms with Crippen molar-refractivity contribution < 1.29 is 9.59 Å². The van der Waals surface area contributed by atoms with E-state index in [4.69, 9.17) is 23.8 Å². The number of H-pyrrole nitrogens is 1. The summed E-state index contributed by atoms with van der Waals surface area (Å²) in [5, 5.41) is 0.906. The van der Waals surface area contributed by atoms with Crippen LogP contribution in [0.1, 0.15) is 16.4 Å². The molecule has 28 heavy (non-hydrogen) atoms. The van der Waals surface area contributed by atoms with E-state index in [9.17, 15) is 9.59 Å². The predicted molar refractivity (Wildman–Crippen MR) is 113 cm³/mol. The van der Waals surface area contributed by atoms with E-state index in [-0.39, 0.29) is 17.7 Å². The highest BCUT2D eigenvalue weighted by Crippen LogP contribution is 2.53. The molecule has 3 aromatic rings. The van der Waals surface area contributed by atoms with Crippen molar-refractivity contribution in [2.75, 3.05) is 4.90 Å². The minimum atomic E-state index is -0.513. The Bertz CT molecular complexity index is 1140. The molecule has 5 rings (SSSR count). The van der Waals surface area contributed by atoms with Crippen LogP contribution in [0.2, 0.25) is 5.02 Å². The second-order valence-electron chi connectivity index (χ2n) is 6.52. The number of hydrogen-bond donors (Lipinski definition) is 1. The third-order valence-corrected chi connectivity index (χ3v) is 7.96. The maximum Gasteiger partial charge on any atom is 0.248 e. The number of aromatic amines is 1. The van der Waals surface area contributed by atoms with Crippen molar-refractivity contribution in [2.24, 2.45) is 5.92 Å². The zero-order chi connectivity index (χ0) is 19.4. The molecule has 1 saturated heterocycles. The second-order valence-corrected chi connectivity index (χ2v) is 9.83. The number of nitrogens with one attached hydrogen (secondary N) is 1. The topological polar surface area (TPSA) is 66.1 Å². The van der Waals surface area contributed by atoms with Crippen molar-refractivity contribution in [2.45, 2.75) is 16.2 Å². The average molecular weight is 446 g/mol. The van der Waals surface area contributed by atoms with Gasteiger partial charge in [-0.1, -0.05) is 29.4 Å². The Hall–Kier alpha value is -2.00. The van der Waals surface area contributed by atoms with Crippen LogP contribution in [-0.2, 0) is 9.59 Å². The lowest BCUT2D eigenvalue weighted by atomic mass is 9.84. The SMILES string of the molecule is O=C1C2Sc3[nH]c(=S)sc3C(c3cccnc3)C2C(=O)N1c1ccc(Cl)cc1. The van der Waals surface area contributed by atoms with Crippen molar-refractivity contribution >= 4 is 64.4 Å². The van der Waals surface area contributed by atoms with Crippen LogP contribution in [0.4, 0.5) is 5.69 Å². The van der Waals surface area contributed by atoms with E-state index >= 15 is 0 Å². The van der Waals surface area contributed by atoms with Gasteiger partial charge in [0.1, 0.15) is 5.25 Å². The highest BCUT2D eigenvalue weighted by molar-refractivity contribution is 8.01. The molecular formula is C19H12ClN3O2S3. The van der Waals surface area contributed by atoms with Crippen LogP contribution in [-0.4, -0.2) is 27.0 Å².